The van der Waals surface area contributed by atoms with Crippen LogP contribution in [0.1, 0.15) is 22.4 Å². The van der Waals surface area contributed by atoms with Gasteiger partial charge in [-0.2, -0.15) is 0 Å². The van der Waals surface area contributed by atoms with E-state index >= 15 is 0 Å². The first-order valence-corrected chi connectivity index (χ1v) is 7.34. The summed E-state index contributed by atoms with van der Waals surface area (Å²) in [5, 5.41) is 0. The molecule has 2 rings (SSSR count). The Hall–Kier alpha value is -1.06. The molecule has 1 aromatic heterocycles. The molecule has 0 atom stereocenters. The van der Waals surface area contributed by atoms with Gasteiger partial charge in [0.2, 0.25) is 0 Å². The summed E-state index contributed by atoms with van der Waals surface area (Å²) in [5.41, 5.74) is 4.03. The van der Waals surface area contributed by atoms with Crippen molar-refractivity contribution in [3.8, 4) is 5.75 Å². The van der Waals surface area contributed by atoms with Crippen LogP contribution in [0.4, 0.5) is 0 Å². The van der Waals surface area contributed by atoms with Crippen LogP contribution < -0.4 is 4.74 Å². The molecule has 0 bridgehead atoms. The Morgan fingerprint density at radius 3 is 2.53 bits per heavy atom. The number of aryl methyl sites for hydroxylation is 1. The maximum Gasteiger partial charge on any atom is 0.144 e. The van der Waals surface area contributed by atoms with Gasteiger partial charge in [0.15, 0.2) is 0 Å². The van der Waals surface area contributed by atoms with Crippen LogP contribution in [0.15, 0.2) is 34.9 Å². The normalized spacial score (nSPS) is 10.5. The van der Waals surface area contributed by atoms with E-state index in [1.54, 1.807) is 0 Å². The molecule has 19 heavy (non-hydrogen) atoms. The Morgan fingerprint density at radius 2 is 1.89 bits per heavy atom. The third kappa shape index (κ3) is 3.28. The van der Waals surface area contributed by atoms with Crippen LogP contribution in [-0.2, 0) is 12.5 Å². The Morgan fingerprint density at radius 1 is 1.21 bits per heavy atom. The van der Waals surface area contributed by atoms with E-state index in [1.807, 2.05) is 44.2 Å². The van der Waals surface area contributed by atoms with Crippen LogP contribution in [0.2, 0.25) is 0 Å². The molecule has 2 nitrogen and oxygen atoms in total. The lowest BCUT2D eigenvalue weighted by molar-refractivity contribution is 0.300. The van der Waals surface area contributed by atoms with Gasteiger partial charge < -0.3 is 4.74 Å². The quantitative estimate of drug-likeness (QED) is 0.590. The molecule has 0 amide bonds. The Kier molecular flexibility index (Phi) is 4.83. The zero-order valence-corrected chi connectivity index (χ0v) is 13.3. The van der Waals surface area contributed by atoms with Crippen molar-refractivity contribution in [3.05, 3.63) is 57.3 Å². The van der Waals surface area contributed by atoms with Gasteiger partial charge in [-0.3, -0.25) is 0 Å². The van der Waals surface area contributed by atoms with Crippen molar-refractivity contribution in [1.29, 1.82) is 0 Å². The lowest BCUT2D eigenvalue weighted by Crippen LogP contribution is -2.03. The van der Waals surface area contributed by atoms with Gasteiger partial charge in [0, 0.05) is 11.1 Å². The molecule has 0 saturated heterocycles. The largest absolute Gasteiger partial charge is 0.487 e. The summed E-state index contributed by atoms with van der Waals surface area (Å²) < 4.78 is 6.71. The van der Waals surface area contributed by atoms with E-state index in [4.69, 9.17) is 16.3 Å². The maximum absolute atomic E-state index is 5.95. The van der Waals surface area contributed by atoms with Crippen LogP contribution in [0.5, 0.6) is 5.75 Å². The summed E-state index contributed by atoms with van der Waals surface area (Å²) in [4.78, 5) is 4.42. The SMILES string of the molecule is Cc1nc(Br)c(CCl)c(C)c1OCc1ccccc1. The maximum atomic E-state index is 5.95. The average Bonchev–Trinajstić information content (AvgIpc) is 2.39. The number of nitrogens with zero attached hydrogens (tertiary/aromatic N) is 1. The third-order valence-electron chi connectivity index (χ3n) is 3.00. The van der Waals surface area contributed by atoms with Crippen molar-refractivity contribution in [1.82, 2.24) is 4.98 Å². The number of alkyl halides is 1. The van der Waals surface area contributed by atoms with Gasteiger partial charge in [-0.05, 0) is 35.3 Å². The van der Waals surface area contributed by atoms with Crippen LogP contribution in [0.25, 0.3) is 0 Å². The fourth-order valence-corrected chi connectivity index (χ4v) is 3.12. The van der Waals surface area contributed by atoms with E-state index in [0.717, 1.165) is 32.7 Å². The molecule has 0 aliphatic heterocycles. The molecule has 0 fully saturated rings. The van der Waals surface area contributed by atoms with Gasteiger partial charge in [-0.15, -0.1) is 11.6 Å². The second-order valence-electron chi connectivity index (χ2n) is 4.33. The fourth-order valence-electron chi connectivity index (χ4n) is 1.93. The second-order valence-corrected chi connectivity index (χ2v) is 5.35. The van der Waals surface area contributed by atoms with E-state index in [-0.39, 0.29) is 0 Å². The van der Waals surface area contributed by atoms with Gasteiger partial charge in [-0.1, -0.05) is 30.3 Å². The number of rotatable bonds is 4. The topological polar surface area (TPSA) is 22.1 Å². The van der Waals surface area contributed by atoms with E-state index < -0.39 is 0 Å². The molecule has 1 aromatic carbocycles. The molecule has 2 aromatic rings. The minimum Gasteiger partial charge on any atom is -0.487 e. The van der Waals surface area contributed by atoms with E-state index in [2.05, 4.69) is 20.9 Å². The summed E-state index contributed by atoms with van der Waals surface area (Å²) in [7, 11) is 0. The second kappa shape index (κ2) is 6.40. The van der Waals surface area contributed by atoms with Crippen LogP contribution >= 0.6 is 27.5 Å². The zero-order valence-electron chi connectivity index (χ0n) is 10.9. The lowest BCUT2D eigenvalue weighted by Gasteiger charge is -2.15. The highest BCUT2D eigenvalue weighted by Crippen LogP contribution is 2.31. The predicted molar refractivity (Wildman–Crippen MR) is 81.7 cm³/mol. The van der Waals surface area contributed by atoms with Gasteiger partial charge in [-0.25, -0.2) is 4.98 Å². The summed E-state index contributed by atoms with van der Waals surface area (Å²) in [6.45, 7) is 4.49. The van der Waals surface area contributed by atoms with Gasteiger partial charge in [0.05, 0.1) is 11.6 Å². The molecular weight excluding hydrogens is 326 g/mol. The van der Waals surface area contributed by atoms with Crippen molar-refractivity contribution in [2.45, 2.75) is 26.3 Å². The van der Waals surface area contributed by atoms with E-state index in [1.165, 1.54) is 0 Å². The monoisotopic (exact) mass is 339 g/mol. The molecule has 0 saturated carbocycles. The first kappa shape index (κ1) is 14.4. The molecule has 4 heteroatoms. The van der Waals surface area contributed by atoms with Gasteiger partial charge in [0.25, 0.3) is 0 Å². The summed E-state index contributed by atoms with van der Waals surface area (Å²) in [5.74, 6) is 1.24. The summed E-state index contributed by atoms with van der Waals surface area (Å²) in [6, 6.07) is 10.1. The molecule has 0 radical (unpaired) electrons. The fraction of sp³-hybridized carbons (Fsp3) is 0.267. The van der Waals surface area contributed by atoms with Crippen molar-refractivity contribution in [2.75, 3.05) is 0 Å². The highest BCUT2D eigenvalue weighted by Gasteiger charge is 2.13. The van der Waals surface area contributed by atoms with E-state index in [9.17, 15) is 0 Å². The molecule has 100 valence electrons. The first-order valence-electron chi connectivity index (χ1n) is 6.01. The lowest BCUT2D eigenvalue weighted by atomic mass is 10.1. The first-order chi connectivity index (χ1) is 9.13. The number of pyridine rings is 1. The molecule has 1 heterocycles. The van der Waals surface area contributed by atoms with Crippen LogP contribution in [0, 0.1) is 13.8 Å². The predicted octanol–water partition coefficient (Wildman–Crippen LogP) is 4.78. The highest BCUT2D eigenvalue weighted by molar-refractivity contribution is 9.10. The van der Waals surface area contributed by atoms with Crippen molar-refractivity contribution in [2.24, 2.45) is 0 Å². The van der Waals surface area contributed by atoms with Crippen molar-refractivity contribution in [3.63, 3.8) is 0 Å². The summed E-state index contributed by atoms with van der Waals surface area (Å²) >= 11 is 9.39. The number of hydrogen-bond donors (Lipinski definition) is 0. The molecule has 0 aliphatic carbocycles. The Bertz CT molecular complexity index is 572. The number of benzene rings is 1. The number of hydrogen-bond acceptors (Lipinski definition) is 2. The Balaban J connectivity index is 2.25. The molecular formula is C15H15BrClNO. The number of aromatic nitrogens is 1. The van der Waals surface area contributed by atoms with Crippen molar-refractivity contribution < 1.29 is 4.74 Å². The molecule has 0 aliphatic rings. The molecule has 0 spiro atoms. The zero-order chi connectivity index (χ0) is 13.8. The number of ether oxygens (including phenoxy) is 1. The number of halogens is 2. The van der Waals surface area contributed by atoms with Crippen LogP contribution in [-0.4, -0.2) is 4.98 Å². The molecule has 0 unspecified atom stereocenters. The highest BCUT2D eigenvalue weighted by atomic mass is 79.9. The molecule has 0 N–H and O–H groups in total. The van der Waals surface area contributed by atoms with Crippen molar-refractivity contribution >= 4 is 27.5 Å². The average molecular weight is 341 g/mol. The van der Waals surface area contributed by atoms with E-state index in [0.29, 0.717) is 12.5 Å². The van der Waals surface area contributed by atoms with Crippen LogP contribution in [0.3, 0.4) is 0 Å². The Labute approximate surface area is 126 Å². The third-order valence-corrected chi connectivity index (χ3v) is 3.92. The minimum absolute atomic E-state index is 0.418. The smallest absolute Gasteiger partial charge is 0.144 e. The minimum atomic E-state index is 0.418. The van der Waals surface area contributed by atoms with Gasteiger partial charge >= 0.3 is 0 Å². The summed E-state index contributed by atoms with van der Waals surface area (Å²) in [6.07, 6.45) is 0. The van der Waals surface area contributed by atoms with Gasteiger partial charge in [0.1, 0.15) is 17.0 Å². The standard InChI is InChI=1S/C15H15BrClNO/c1-10-13(8-17)15(16)18-11(2)14(10)19-9-12-6-4-3-5-7-12/h3-7H,8-9H2,1-2H3.